The maximum Gasteiger partial charge on any atom is 0.387 e. The van der Waals surface area contributed by atoms with Crippen LogP contribution in [-0.4, -0.2) is 6.61 Å². The fourth-order valence-corrected chi connectivity index (χ4v) is 2.54. The molecule has 84 valence electrons. The summed E-state index contributed by atoms with van der Waals surface area (Å²) in [4.78, 5) is 0. The maximum absolute atomic E-state index is 12.1. The minimum absolute atomic E-state index is 0.108. The van der Waals surface area contributed by atoms with Crippen molar-refractivity contribution in [3.8, 4) is 5.75 Å². The fourth-order valence-electron chi connectivity index (χ4n) is 1.48. The van der Waals surface area contributed by atoms with Crippen LogP contribution in [0.5, 0.6) is 5.75 Å². The van der Waals surface area contributed by atoms with Crippen molar-refractivity contribution in [1.82, 2.24) is 0 Å². The summed E-state index contributed by atoms with van der Waals surface area (Å²) in [6, 6.07) is 8.27. The van der Waals surface area contributed by atoms with Crippen LogP contribution in [-0.2, 0) is 0 Å². The molecule has 0 bridgehead atoms. The molecule has 0 heterocycles. The van der Waals surface area contributed by atoms with Crippen LogP contribution in [0.3, 0.4) is 0 Å². The van der Waals surface area contributed by atoms with E-state index in [1.165, 1.54) is 12.1 Å². The summed E-state index contributed by atoms with van der Waals surface area (Å²) in [6.45, 7) is -2.83. The van der Waals surface area contributed by atoms with E-state index in [0.717, 1.165) is 10.8 Å². The van der Waals surface area contributed by atoms with Crippen LogP contribution < -0.4 is 4.74 Å². The maximum atomic E-state index is 12.1. The van der Waals surface area contributed by atoms with Gasteiger partial charge in [0.1, 0.15) is 5.75 Å². The Labute approximate surface area is 104 Å². The largest absolute Gasteiger partial charge is 0.435 e. The Morgan fingerprint density at radius 2 is 2.00 bits per heavy atom. The van der Waals surface area contributed by atoms with Gasteiger partial charge in [0.2, 0.25) is 0 Å². The summed E-state index contributed by atoms with van der Waals surface area (Å²) in [5.41, 5.74) is 0. The van der Waals surface area contributed by atoms with E-state index in [1.807, 2.05) is 0 Å². The predicted molar refractivity (Wildman–Crippen MR) is 63.3 cm³/mol. The number of fused-ring (bicyclic) bond motifs is 1. The first-order valence-electron chi connectivity index (χ1n) is 4.40. The first-order valence-corrected chi connectivity index (χ1v) is 5.57. The van der Waals surface area contributed by atoms with E-state index in [9.17, 15) is 8.78 Å². The molecule has 0 radical (unpaired) electrons. The Hall–Kier alpha value is -0.870. The third-order valence-electron chi connectivity index (χ3n) is 2.08. The first kappa shape index (κ1) is 11.6. The van der Waals surface area contributed by atoms with Crippen LogP contribution in [0, 0.1) is 0 Å². The quantitative estimate of drug-likeness (QED) is 0.770. The molecule has 2 rings (SSSR count). The first-order chi connectivity index (χ1) is 7.58. The number of ether oxygens (including phenoxy) is 1. The highest BCUT2D eigenvalue weighted by molar-refractivity contribution is 9.10. The van der Waals surface area contributed by atoms with Gasteiger partial charge in [0.05, 0.1) is 0 Å². The summed E-state index contributed by atoms with van der Waals surface area (Å²) in [5.74, 6) is 0.108. The van der Waals surface area contributed by atoms with Gasteiger partial charge in [-0.15, -0.1) is 0 Å². The Balaban J connectivity index is 2.59. The van der Waals surface area contributed by atoms with Crippen molar-refractivity contribution in [2.24, 2.45) is 0 Å². The summed E-state index contributed by atoms with van der Waals surface area (Å²) in [6.07, 6.45) is 0. The topological polar surface area (TPSA) is 9.23 Å². The summed E-state index contributed by atoms with van der Waals surface area (Å²) >= 11 is 9.28. The third kappa shape index (κ3) is 2.28. The van der Waals surface area contributed by atoms with E-state index in [-0.39, 0.29) is 5.75 Å². The van der Waals surface area contributed by atoms with E-state index in [2.05, 4.69) is 20.7 Å². The number of rotatable bonds is 2. The zero-order chi connectivity index (χ0) is 11.7. The van der Waals surface area contributed by atoms with Crippen LogP contribution >= 0.6 is 27.5 Å². The number of alkyl halides is 2. The molecule has 0 unspecified atom stereocenters. The fraction of sp³-hybridized carbons (Fsp3) is 0.0909. The molecule has 16 heavy (non-hydrogen) atoms. The molecule has 0 atom stereocenters. The molecule has 0 aliphatic heterocycles. The minimum atomic E-state index is -2.83. The molecule has 2 aromatic carbocycles. The van der Waals surface area contributed by atoms with E-state index in [4.69, 9.17) is 11.6 Å². The SMILES string of the molecule is FC(F)Oc1cc(Br)c2c(Cl)cccc2c1. The Kier molecular flexibility index (Phi) is 3.30. The van der Waals surface area contributed by atoms with Gasteiger partial charge in [0.25, 0.3) is 0 Å². The normalized spacial score (nSPS) is 11.1. The highest BCUT2D eigenvalue weighted by Crippen LogP contribution is 2.34. The van der Waals surface area contributed by atoms with Crippen molar-refractivity contribution in [2.75, 3.05) is 0 Å². The van der Waals surface area contributed by atoms with E-state index < -0.39 is 6.61 Å². The second-order valence-corrected chi connectivity index (χ2v) is 4.38. The standard InChI is InChI=1S/C11H6BrClF2O/c12-8-5-7(16-11(14)15)4-6-2-1-3-9(13)10(6)8/h1-5,11H. The molecule has 2 aromatic rings. The minimum Gasteiger partial charge on any atom is -0.435 e. The van der Waals surface area contributed by atoms with Crippen LogP contribution in [0.1, 0.15) is 0 Å². The van der Waals surface area contributed by atoms with Crippen molar-refractivity contribution in [2.45, 2.75) is 6.61 Å². The molecule has 1 nitrogen and oxygen atoms in total. The van der Waals surface area contributed by atoms with Crippen molar-refractivity contribution < 1.29 is 13.5 Å². The molecular formula is C11H6BrClF2O. The summed E-state index contributed by atoms with van der Waals surface area (Å²) < 4.78 is 29.1. The van der Waals surface area contributed by atoms with Gasteiger partial charge in [-0.25, -0.2) is 0 Å². The van der Waals surface area contributed by atoms with Crippen LogP contribution in [0.2, 0.25) is 5.02 Å². The number of hydrogen-bond donors (Lipinski definition) is 0. The monoisotopic (exact) mass is 306 g/mol. The molecule has 0 aliphatic rings. The number of benzene rings is 2. The summed E-state index contributed by atoms with van der Waals surface area (Å²) in [5, 5.41) is 2.09. The van der Waals surface area contributed by atoms with Gasteiger partial charge < -0.3 is 4.74 Å². The molecule has 0 amide bonds. The van der Waals surface area contributed by atoms with Crippen molar-refractivity contribution in [3.05, 3.63) is 39.8 Å². The van der Waals surface area contributed by atoms with Crippen molar-refractivity contribution in [3.63, 3.8) is 0 Å². The zero-order valence-corrected chi connectivity index (χ0v) is 10.2. The highest BCUT2D eigenvalue weighted by Gasteiger charge is 2.09. The lowest BCUT2D eigenvalue weighted by molar-refractivity contribution is -0.0497. The predicted octanol–water partition coefficient (Wildman–Crippen LogP) is 4.86. The van der Waals surface area contributed by atoms with Gasteiger partial charge >= 0.3 is 6.61 Å². The van der Waals surface area contributed by atoms with Crippen LogP contribution in [0.4, 0.5) is 8.78 Å². The smallest absolute Gasteiger partial charge is 0.387 e. The lowest BCUT2D eigenvalue weighted by Crippen LogP contribution is -2.01. The average Bonchev–Trinajstić information content (AvgIpc) is 2.15. The second-order valence-electron chi connectivity index (χ2n) is 3.12. The van der Waals surface area contributed by atoms with Gasteiger partial charge in [-0.05, 0) is 39.5 Å². The zero-order valence-electron chi connectivity index (χ0n) is 7.88. The molecular weight excluding hydrogens is 301 g/mol. The molecule has 0 spiro atoms. The van der Waals surface area contributed by atoms with Gasteiger partial charge in [0, 0.05) is 14.9 Å². The van der Waals surface area contributed by atoms with Crippen LogP contribution in [0.15, 0.2) is 34.8 Å². The number of hydrogen-bond acceptors (Lipinski definition) is 1. The van der Waals surface area contributed by atoms with Gasteiger partial charge in [0.15, 0.2) is 0 Å². The van der Waals surface area contributed by atoms with Crippen molar-refractivity contribution in [1.29, 1.82) is 0 Å². The highest BCUT2D eigenvalue weighted by atomic mass is 79.9. The van der Waals surface area contributed by atoms with E-state index in [1.54, 1.807) is 18.2 Å². The van der Waals surface area contributed by atoms with E-state index >= 15 is 0 Å². The van der Waals surface area contributed by atoms with E-state index in [0.29, 0.717) is 9.50 Å². The molecule has 0 aromatic heterocycles. The van der Waals surface area contributed by atoms with Gasteiger partial charge in [-0.2, -0.15) is 8.78 Å². The third-order valence-corrected chi connectivity index (χ3v) is 3.02. The lowest BCUT2D eigenvalue weighted by atomic mass is 10.1. The average molecular weight is 308 g/mol. The molecule has 0 saturated heterocycles. The molecule has 5 heteroatoms. The molecule has 0 fully saturated rings. The molecule has 0 saturated carbocycles. The number of halogens is 4. The van der Waals surface area contributed by atoms with Crippen molar-refractivity contribution >= 4 is 38.3 Å². The second kappa shape index (κ2) is 4.55. The lowest BCUT2D eigenvalue weighted by Gasteiger charge is -2.08. The van der Waals surface area contributed by atoms with Gasteiger partial charge in [-0.3, -0.25) is 0 Å². The Morgan fingerprint density at radius 1 is 1.25 bits per heavy atom. The Bertz CT molecular complexity index is 531. The molecule has 0 aliphatic carbocycles. The molecule has 0 N–H and O–H groups in total. The van der Waals surface area contributed by atoms with Gasteiger partial charge in [-0.1, -0.05) is 23.7 Å². The summed E-state index contributed by atoms with van der Waals surface area (Å²) in [7, 11) is 0. The van der Waals surface area contributed by atoms with Crippen LogP contribution in [0.25, 0.3) is 10.8 Å². The Morgan fingerprint density at radius 3 is 2.69 bits per heavy atom.